The van der Waals surface area contributed by atoms with E-state index in [1.807, 2.05) is 6.07 Å². The second-order valence-electron chi connectivity index (χ2n) is 4.68. The van der Waals surface area contributed by atoms with Gasteiger partial charge in [-0.15, -0.1) is 0 Å². The number of rotatable bonds is 3. The number of hydrogen-bond donors (Lipinski definition) is 1. The van der Waals surface area contributed by atoms with E-state index in [1.54, 1.807) is 48.7 Å². The molecule has 0 unspecified atom stereocenters. The predicted octanol–water partition coefficient (Wildman–Crippen LogP) is 2.06. The van der Waals surface area contributed by atoms with Crippen molar-refractivity contribution in [1.82, 2.24) is 0 Å². The third kappa shape index (κ3) is 2.43. The molecule has 2 aromatic carbocycles. The van der Waals surface area contributed by atoms with E-state index in [4.69, 9.17) is 5.73 Å². The largest absolute Gasteiger partial charge is 0.326 e. The first-order valence-corrected chi connectivity index (χ1v) is 8.00. The van der Waals surface area contributed by atoms with E-state index in [1.165, 1.54) is 4.31 Å². The first-order chi connectivity index (χ1) is 10.1. The molecule has 0 spiro atoms. The lowest BCUT2D eigenvalue weighted by Crippen LogP contribution is -2.34. The zero-order chi connectivity index (χ0) is 14.9. The average Bonchev–Trinajstić information content (AvgIpc) is 2.54. The minimum absolute atomic E-state index is 0.234. The van der Waals surface area contributed by atoms with Gasteiger partial charge in [-0.25, -0.2) is 8.42 Å². The third-order valence-electron chi connectivity index (χ3n) is 3.38. The Morgan fingerprint density at radius 3 is 2.52 bits per heavy atom. The number of sulfonamides is 1. The van der Waals surface area contributed by atoms with Crippen molar-refractivity contribution in [1.29, 1.82) is 0 Å². The van der Waals surface area contributed by atoms with Crippen LogP contribution in [0.5, 0.6) is 0 Å². The summed E-state index contributed by atoms with van der Waals surface area (Å²) < 4.78 is 26.9. The maximum absolute atomic E-state index is 12.8. The first kappa shape index (κ1) is 13.8. The Kier molecular flexibility index (Phi) is 3.48. The molecule has 0 fully saturated rings. The monoisotopic (exact) mass is 301 g/mol. The highest BCUT2D eigenvalue weighted by molar-refractivity contribution is 7.92. The van der Waals surface area contributed by atoms with Crippen molar-refractivity contribution in [3.8, 4) is 0 Å². The quantitative estimate of drug-likeness (QED) is 0.942. The number of benzene rings is 2. The van der Waals surface area contributed by atoms with E-state index in [-0.39, 0.29) is 11.4 Å². The maximum atomic E-state index is 12.8. The Balaban J connectivity index is 2.04. The highest BCUT2D eigenvalue weighted by Crippen LogP contribution is 2.34. The van der Waals surface area contributed by atoms with Crippen LogP contribution in [0.15, 0.2) is 58.4 Å². The topological polar surface area (TPSA) is 75.8 Å². The summed E-state index contributed by atoms with van der Waals surface area (Å²) in [4.78, 5) is 4.48. The Morgan fingerprint density at radius 1 is 1.10 bits per heavy atom. The zero-order valence-corrected chi connectivity index (χ0v) is 12.1. The highest BCUT2D eigenvalue weighted by Gasteiger charge is 2.27. The van der Waals surface area contributed by atoms with Crippen molar-refractivity contribution in [2.75, 3.05) is 10.8 Å². The Bertz CT molecular complexity index is 783. The van der Waals surface area contributed by atoms with Gasteiger partial charge in [0.1, 0.15) is 0 Å². The van der Waals surface area contributed by atoms with Gasteiger partial charge < -0.3 is 5.73 Å². The first-order valence-electron chi connectivity index (χ1n) is 6.56. The summed E-state index contributed by atoms with van der Waals surface area (Å²) in [5.41, 5.74) is 7.69. The fraction of sp³-hybridized carbons (Fsp3) is 0.133. The summed E-state index contributed by atoms with van der Waals surface area (Å²) in [5, 5.41) is 0. The molecule has 21 heavy (non-hydrogen) atoms. The summed E-state index contributed by atoms with van der Waals surface area (Å²) in [7, 11) is -3.60. The van der Waals surface area contributed by atoms with Gasteiger partial charge in [-0.2, -0.15) is 0 Å². The van der Waals surface area contributed by atoms with Crippen molar-refractivity contribution in [2.24, 2.45) is 10.7 Å². The summed E-state index contributed by atoms with van der Waals surface area (Å²) in [6.07, 6.45) is 1.61. The molecule has 1 heterocycles. The van der Waals surface area contributed by atoms with Gasteiger partial charge in [0.15, 0.2) is 0 Å². The lowest BCUT2D eigenvalue weighted by atomic mass is 10.2. The van der Waals surface area contributed by atoms with Gasteiger partial charge in [-0.05, 0) is 29.8 Å². The average molecular weight is 301 g/mol. The molecule has 1 aliphatic heterocycles. The normalized spacial score (nSPS) is 14.0. The molecule has 0 bridgehead atoms. The van der Waals surface area contributed by atoms with Gasteiger partial charge in [0.25, 0.3) is 10.0 Å². The van der Waals surface area contributed by atoms with E-state index in [0.29, 0.717) is 17.9 Å². The maximum Gasteiger partial charge on any atom is 0.264 e. The van der Waals surface area contributed by atoms with E-state index in [2.05, 4.69) is 4.99 Å². The number of aliphatic imine (C=N–C) groups is 1. The van der Waals surface area contributed by atoms with Crippen LogP contribution < -0.4 is 10.0 Å². The van der Waals surface area contributed by atoms with Crippen LogP contribution in [0.2, 0.25) is 0 Å². The number of nitrogens with two attached hydrogens (primary N) is 1. The lowest BCUT2D eigenvalue weighted by Gasteiger charge is -2.26. The fourth-order valence-corrected chi connectivity index (χ4v) is 3.66. The number of para-hydroxylation sites is 2. The van der Waals surface area contributed by atoms with Gasteiger partial charge in [0.05, 0.1) is 22.8 Å². The molecule has 3 rings (SSSR count). The standard InChI is InChI=1S/C15H15N3O2S/c16-11-12-5-7-13(8-6-12)21(19,20)18-10-9-17-14-3-1-2-4-15(14)18/h1-9H,10-11,16H2. The van der Waals surface area contributed by atoms with Crippen LogP contribution in [0.4, 0.5) is 11.4 Å². The van der Waals surface area contributed by atoms with Crippen LogP contribution in [0.25, 0.3) is 0 Å². The molecule has 6 heteroatoms. The van der Waals surface area contributed by atoms with Crippen molar-refractivity contribution in [2.45, 2.75) is 11.4 Å². The molecule has 0 saturated heterocycles. The minimum Gasteiger partial charge on any atom is -0.326 e. The van der Waals surface area contributed by atoms with Crippen molar-refractivity contribution in [3.05, 3.63) is 54.1 Å². The SMILES string of the molecule is NCc1ccc(S(=O)(=O)N2CC=Nc3ccccc32)cc1. The molecule has 1 aliphatic rings. The van der Waals surface area contributed by atoms with E-state index >= 15 is 0 Å². The van der Waals surface area contributed by atoms with E-state index in [9.17, 15) is 8.42 Å². The second-order valence-corrected chi connectivity index (χ2v) is 6.55. The van der Waals surface area contributed by atoms with Gasteiger partial charge in [0, 0.05) is 12.8 Å². The second kappa shape index (κ2) is 5.31. The smallest absolute Gasteiger partial charge is 0.264 e. The zero-order valence-electron chi connectivity index (χ0n) is 11.3. The van der Waals surface area contributed by atoms with Crippen molar-refractivity contribution >= 4 is 27.6 Å². The highest BCUT2D eigenvalue weighted by atomic mass is 32.2. The number of anilines is 1. The summed E-state index contributed by atoms with van der Waals surface area (Å²) in [6.45, 7) is 0.623. The van der Waals surface area contributed by atoms with Crippen molar-refractivity contribution in [3.63, 3.8) is 0 Å². The van der Waals surface area contributed by atoms with Crippen molar-refractivity contribution < 1.29 is 8.42 Å². The number of hydrogen-bond acceptors (Lipinski definition) is 4. The van der Waals surface area contributed by atoms with Crippen LogP contribution in [0.3, 0.4) is 0 Å². The fourth-order valence-electron chi connectivity index (χ4n) is 2.25. The molecule has 5 nitrogen and oxygen atoms in total. The third-order valence-corrected chi connectivity index (χ3v) is 5.17. The van der Waals surface area contributed by atoms with Gasteiger partial charge in [-0.1, -0.05) is 24.3 Å². The lowest BCUT2D eigenvalue weighted by molar-refractivity contribution is 0.593. The Hall–Kier alpha value is -2.18. The Morgan fingerprint density at radius 2 is 1.81 bits per heavy atom. The van der Waals surface area contributed by atoms with Crippen LogP contribution >= 0.6 is 0 Å². The summed E-state index contributed by atoms with van der Waals surface area (Å²) in [6, 6.07) is 13.8. The molecule has 0 radical (unpaired) electrons. The number of nitrogens with zero attached hydrogens (tertiary/aromatic N) is 2. The minimum atomic E-state index is -3.60. The van der Waals surface area contributed by atoms with Gasteiger partial charge in [0.2, 0.25) is 0 Å². The van der Waals surface area contributed by atoms with Gasteiger partial charge >= 0.3 is 0 Å². The molecule has 108 valence electrons. The van der Waals surface area contributed by atoms with E-state index < -0.39 is 10.0 Å². The van der Waals surface area contributed by atoms with E-state index in [0.717, 1.165) is 5.56 Å². The molecule has 0 aliphatic carbocycles. The summed E-state index contributed by atoms with van der Waals surface area (Å²) >= 11 is 0. The predicted molar refractivity (Wildman–Crippen MR) is 83.5 cm³/mol. The van der Waals surface area contributed by atoms with Gasteiger partial charge in [-0.3, -0.25) is 9.30 Å². The molecule has 0 amide bonds. The molecule has 0 atom stereocenters. The molecule has 0 saturated carbocycles. The molecular weight excluding hydrogens is 286 g/mol. The molecule has 0 aromatic heterocycles. The molecule has 2 N–H and O–H groups in total. The van der Waals surface area contributed by atoms with Crippen LogP contribution in [-0.2, 0) is 16.6 Å². The number of fused-ring (bicyclic) bond motifs is 1. The van der Waals surface area contributed by atoms with Crippen LogP contribution in [0.1, 0.15) is 5.56 Å². The van der Waals surface area contributed by atoms with Crippen LogP contribution in [0, 0.1) is 0 Å². The molecule has 2 aromatic rings. The van der Waals surface area contributed by atoms with Crippen LogP contribution in [-0.4, -0.2) is 21.2 Å². The summed E-state index contributed by atoms with van der Waals surface area (Å²) in [5.74, 6) is 0. The molecular formula is C15H15N3O2S. The Labute approximate surface area is 123 Å².